The number of aliphatic hydroxyl groups is 1. The van der Waals surface area contributed by atoms with Crippen molar-refractivity contribution in [1.29, 1.82) is 0 Å². The highest BCUT2D eigenvalue weighted by Crippen LogP contribution is 2.32. The predicted octanol–water partition coefficient (Wildman–Crippen LogP) is 1.57. The van der Waals surface area contributed by atoms with Crippen LogP contribution < -0.4 is 0 Å². The lowest BCUT2D eigenvalue weighted by Crippen LogP contribution is -2.37. The van der Waals surface area contributed by atoms with Gasteiger partial charge in [0.25, 0.3) is 0 Å². The Labute approximate surface area is 108 Å². The van der Waals surface area contributed by atoms with E-state index in [4.69, 9.17) is 0 Å². The molecule has 1 N–H and O–H groups in total. The van der Waals surface area contributed by atoms with Crippen molar-refractivity contribution in [3.63, 3.8) is 0 Å². The third kappa shape index (κ3) is 2.74. The minimum Gasteiger partial charge on any atom is -0.393 e. The van der Waals surface area contributed by atoms with Crippen LogP contribution in [0.1, 0.15) is 46.0 Å². The summed E-state index contributed by atoms with van der Waals surface area (Å²) in [5, 5.41) is 9.55. The van der Waals surface area contributed by atoms with E-state index in [0.29, 0.717) is 24.8 Å². The van der Waals surface area contributed by atoms with E-state index in [2.05, 4.69) is 0 Å². The summed E-state index contributed by atoms with van der Waals surface area (Å²) in [6, 6.07) is 0. The van der Waals surface area contributed by atoms with Gasteiger partial charge in [0.05, 0.1) is 6.10 Å². The van der Waals surface area contributed by atoms with Gasteiger partial charge in [-0.1, -0.05) is 6.92 Å². The van der Waals surface area contributed by atoms with Crippen molar-refractivity contribution in [2.24, 2.45) is 17.8 Å². The number of aliphatic hydroxyl groups excluding tert-OH is 1. The largest absolute Gasteiger partial charge is 0.393 e. The summed E-state index contributed by atoms with van der Waals surface area (Å²) in [5.41, 5.74) is 0. The topological polar surface area (TPSA) is 57.6 Å². The molecule has 2 aliphatic rings. The molecule has 2 unspecified atom stereocenters. The fraction of sp³-hybridized carbons (Fsp3) is 0.857. The molecular formula is C14H23NO3. The molecule has 2 atom stereocenters. The van der Waals surface area contributed by atoms with Crippen LogP contribution in [0.2, 0.25) is 0 Å². The molecule has 1 saturated heterocycles. The lowest BCUT2D eigenvalue weighted by Gasteiger charge is -2.31. The fourth-order valence-electron chi connectivity index (χ4n) is 3.15. The summed E-state index contributed by atoms with van der Waals surface area (Å²) < 4.78 is 0. The second-order valence-corrected chi connectivity index (χ2v) is 5.97. The summed E-state index contributed by atoms with van der Waals surface area (Å²) in [4.78, 5) is 25.0. The van der Waals surface area contributed by atoms with Gasteiger partial charge in [-0.05, 0) is 44.4 Å². The fourth-order valence-corrected chi connectivity index (χ4v) is 3.15. The number of hydrogen-bond donors (Lipinski definition) is 1. The molecule has 0 bridgehead atoms. The van der Waals surface area contributed by atoms with Crippen molar-refractivity contribution < 1.29 is 14.7 Å². The molecule has 1 saturated carbocycles. The zero-order valence-corrected chi connectivity index (χ0v) is 11.3. The summed E-state index contributed by atoms with van der Waals surface area (Å²) >= 11 is 0. The molecule has 0 aromatic rings. The quantitative estimate of drug-likeness (QED) is 0.777. The second kappa shape index (κ2) is 5.39. The number of amides is 2. The number of carbonyl (C=O) groups excluding carboxylic acids is 2. The van der Waals surface area contributed by atoms with E-state index < -0.39 is 0 Å². The van der Waals surface area contributed by atoms with E-state index in [1.807, 2.05) is 13.8 Å². The van der Waals surface area contributed by atoms with E-state index in [9.17, 15) is 14.7 Å². The first-order chi connectivity index (χ1) is 8.49. The average Bonchev–Trinajstić information content (AvgIpc) is 2.57. The third-order valence-electron chi connectivity index (χ3n) is 4.48. The zero-order chi connectivity index (χ0) is 13.3. The summed E-state index contributed by atoms with van der Waals surface area (Å²) in [5.74, 6) is 0.678. The SMILES string of the molecule is CC1CC(=O)N(CC2CCC(C(C)O)CC2)C1=O. The van der Waals surface area contributed by atoms with Gasteiger partial charge in [0.2, 0.25) is 11.8 Å². The highest BCUT2D eigenvalue weighted by molar-refractivity contribution is 6.03. The first-order valence-corrected chi connectivity index (χ1v) is 7.01. The van der Waals surface area contributed by atoms with Gasteiger partial charge in [0.15, 0.2) is 0 Å². The van der Waals surface area contributed by atoms with E-state index in [-0.39, 0.29) is 23.8 Å². The van der Waals surface area contributed by atoms with Crippen LogP contribution in [0.15, 0.2) is 0 Å². The molecule has 2 rings (SSSR count). The lowest BCUT2D eigenvalue weighted by atomic mass is 9.79. The van der Waals surface area contributed by atoms with Gasteiger partial charge in [-0.15, -0.1) is 0 Å². The maximum atomic E-state index is 11.8. The van der Waals surface area contributed by atoms with Crippen LogP contribution in [0, 0.1) is 17.8 Å². The predicted molar refractivity (Wildman–Crippen MR) is 67.6 cm³/mol. The lowest BCUT2D eigenvalue weighted by molar-refractivity contribution is -0.140. The molecule has 0 aromatic heterocycles. The number of nitrogens with zero attached hydrogens (tertiary/aromatic N) is 1. The standard InChI is InChI=1S/C14H23NO3/c1-9-7-13(17)15(14(9)18)8-11-3-5-12(6-4-11)10(2)16/h9-12,16H,3-8H2,1-2H3. The smallest absolute Gasteiger partial charge is 0.232 e. The number of imide groups is 1. The Balaban J connectivity index is 1.85. The third-order valence-corrected chi connectivity index (χ3v) is 4.48. The van der Waals surface area contributed by atoms with Crippen LogP contribution in [0.25, 0.3) is 0 Å². The van der Waals surface area contributed by atoms with Crippen LogP contribution in [-0.2, 0) is 9.59 Å². The summed E-state index contributed by atoms with van der Waals surface area (Å²) in [7, 11) is 0. The average molecular weight is 253 g/mol. The van der Waals surface area contributed by atoms with E-state index in [1.54, 1.807) is 0 Å². The molecule has 18 heavy (non-hydrogen) atoms. The van der Waals surface area contributed by atoms with Crippen molar-refractivity contribution >= 4 is 11.8 Å². The minimum absolute atomic E-state index is 0.00218. The van der Waals surface area contributed by atoms with Gasteiger partial charge >= 0.3 is 0 Å². The Morgan fingerprint density at radius 1 is 1.28 bits per heavy atom. The number of hydrogen-bond acceptors (Lipinski definition) is 3. The van der Waals surface area contributed by atoms with Crippen molar-refractivity contribution in [2.45, 2.75) is 52.1 Å². The molecule has 0 spiro atoms. The van der Waals surface area contributed by atoms with Crippen molar-refractivity contribution in [3.8, 4) is 0 Å². The minimum atomic E-state index is -0.235. The maximum Gasteiger partial charge on any atom is 0.232 e. The van der Waals surface area contributed by atoms with E-state index in [0.717, 1.165) is 25.7 Å². The first-order valence-electron chi connectivity index (χ1n) is 7.01. The van der Waals surface area contributed by atoms with Crippen molar-refractivity contribution in [1.82, 2.24) is 4.90 Å². The van der Waals surface area contributed by atoms with E-state index >= 15 is 0 Å². The van der Waals surface area contributed by atoms with Gasteiger partial charge in [0, 0.05) is 18.9 Å². The molecule has 1 aliphatic heterocycles. The number of likely N-dealkylation sites (tertiary alicyclic amines) is 1. The second-order valence-electron chi connectivity index (χ2n) is 5.97. The van der Waals surface area contributed by atoms with Gasteiger partial charge < -0.3 is 5.11 Å². The summed E-state index contributed by atoms with van der Waals surface area (Å²) in [6.45, 7) is 4.26. The molecule has 2 amide bonds. The van der Waals surface area contributed by atoms with Gasteiger partial charge in [-0.3, -0.25) is 14.5 Å². The number of rotatable bonds is 3. The molecule has 0 aromatic carbocycles. The molecular weight excluding hydrogens is 230 g/mol. The summed E-state index contributed by atoms with van der Waals surface area (Å²) in [6.07, 6.45) is 4.19. The van der Waals surface area contributed by atoms with Gasteiger partial charge in [-0.2, -0.15) is 0 Å². The molecule has 4 nitrogen and oxygen atoms in total. The Hall–Kier alpha value is -0.900. The first kappa shape index (κ1) is 13.5. The molecule has 102 valence electrons. The van der Waals surface area contributed by atoms with Crippen LogP contribution in [0.5, 0.6) is 0 Å². The maximum absolute atomic E-state index is 11.8. The number of carbonyl (C=O) groups is 2. The van der Waals surface area contributed by atoms with Crippen LogP contribution >= 0.6 is 0 Å². The molecule has 1 heterocycles. The Kier molecular flexibility index (Phi) is 4.05. The highest BCUT2D eigenvalue weighted by Gasteiger charge is 2.37. The normalized spacial score (nSPS) is 35.1. The van der Waals surface area contributed by atoms with E-state index in [1.165, 1.54) is 4.90 Å². The molecule has 4 heteroatoms. The molecule has 1 aliphatic carbocycles. The van der Waals surface area contributed by atoms with Crippen LogP contribution in [-0.4, -0.2) is 34.5 Å². The Bertz CT molecular complexity index is 332. The van der Waals surface area contributed by atoms with Crippen molar-refractivity contribution in [3.05, 3.63) is 0 Å². The Morgan fingerprint density at radius 3 is 2.33 bits per heavy atom. The molecule has 0 radical (unpaired) electrons. The van der Waals surface area contributed by atoms with Gasteiger partial charge in [0.1, 0.15) is 0 Å². The van der Waals surface area contributed by atoms with Crippen molar-refractivity contribution in [2.75, 3.05) is 6.54 Å². The van der Waals surface area contributed by atoms with Crippen LogP contribution in [0.4, 0.5) is 0 Å². The monoisotopic (exact) mass is 253 g/mol. The van der Waals surface area contributed by atoms with Gasteiger partial charge in [-0.25, -0.2) is 0 Å². The molecule has 2 fully saturated rings. The van der Waals surface area contributed by atoms with Crippen LogP contribution in [0.3, 0.4) is 0 Å². The Morgan fingerprint density at radius 2 is 1.89 bits per heavy atom. The zero-order valence-electron chi connectivity index (χ0n) is 11.3. The highest BCUT2D eigenvalue weighted by atomic mass is 16.3.